The summed E-state index contributed by atoms with van der Waals surface area (Å²) in [5.74, 6) is -2.09. The van der Waals surface area contributed by atoms with E-state index in [0.29, 0.717) is 0 Å². The predicted molar refractivity (Wildman–Crippen MR) is 61.2 cm³/mol. The number of amides is 2. The highest BCUT2D eigenvalue weighted by molar-refractivity contribution is 5.81. The highest BCUT2D eigenvalue weighted by Gasteiger charge is 2.16. The minimum atomic E-state index is -1.11. The van der Waals surface area contributed by atoms with E-state index in [-0.39, 0.29) is 25.0 Å². The predicted octanol–water partition coefficient (Wildman–Crippen LogP) is -1.23. The van der Waals surface area contributed by atoms with Gasteiger partial charge >= 0.3 is 5.97 Å². The lowest BCUT2D eigenvalue weighted by Crippen LogP contribution is -2.45. The maximum absolute atomic E-state index is 11.5. The van der Waals surface area contributed by atoms with Crippen molar-refractivity contribution in [3.8, 4) is 0 Å². The topological polar surface area (TPSA) is 113 Å². The van der Waals surface area contributed by atoms with Crippen LogP contribution in [0.15, 0.2) is 0 Å². The van der Waals surface area contributed by atoms with E-state index in [1.165, 1.54) is 4.90 Å². The Bertz CT molecular complexity index is 277. The number of aliphatic carboxylic acids is 1. The van der Waals surface area contributed by atoms with Crippen LogP contribution in [0, 0.1) is 0 Å². The monoisotopic (exact) mass is 245 g/mol. The van der Waals surface area contributed by atoms with Crippen molar-refractivity contribution in [3.05, 3.63) is 0 Å². The molecule has 2 amide bonds. The summed E-state index contributed by atoms with van der Waals surface area (Å²) >= 11 is 0. The summed E-state index contributed by atoms with van der Waals surface area (Å²) in [5, 5.41) is 11.3. The van der Waals surface area contributed by atoms with E-state index in [0.717, 1.165) is 6.42 Å². The normalized spacial score (nSPS) is 12.2. The number of hydrogen-bond donors (Lipinski definition) is 3. The number of nitrogens with two attached hydrogens (primary N) is 1. The van der Waals surface area contributed by atoms with E-state index >= 15 is 0 Å². The molecule has 0 heterocycles. The Morgan fingerprint density at radius 2 is 1.88 bits per heavy atom. The van der Waals surface area contributed by atoms with Crippen LogP contribution in [0.3, 0.4) is 0 Å². The van der Waals surface area contributed by atoms with Crippen molar-refractivity contribution >= 4 is 17.8 Å². The highest BCUT2D eigenvalue weighted by atomic mass is 16.4. The van der Waals surface area contributed by atoms with Gasteiger partial charge in [-0.3, -0.25) is 19.3 Å². The number of rotatable bonds is 8. The van der Waals surface area contributed by atoms with Crippen LogP contribution in [0.25, 0.3) is 0 Å². The quantitative estimate of drug-likeness (QED) is 0.496. The molecular weight excluding hydrogens is 226 g/mol. The van der Waals surface area contributed by atoms with Gasteiger partial charge in [0.25, 0.3) is 0 Å². The molecule has 0 saturated carbocycles. The van der Waals surface area contributed by atoms with Gasteiger partial charge in [0, 0.05) is 6.04 Å². The van der Waals surface area contributed by atoms with Crippen LogP contribution in [0.2, 0.25) is 0 Å². The van der Waals surface area contributed by atoms with E-state index in [9.17, 15) is 14.4 Å². The van der Waals surface area contributed by atoms with Crippen LogP contribution in [0.4, 0.5) is 0 Å². The van der Waals surface area contributed by atoms with E-state index in [4.69, 9.17) is 10.8 Å². The van der Waals surface area contributed by atoms with Crippen molar-refractivity contribution in [2.45, 2.75) is 26.3 Å². The molecule has 0 bridgehead atoms. The third-order valence-electron chi connectivity index (χ3n) is 2.13. The summed E-state index contributed by atoms with van der Waals surface area (Å²) in [6, 6.07) is 0.0164. The highest BCUT2D eigenvalue weighted by Crippen LogP contribution is 1.91. The third kappa shape index (κ3) is 8.21. The van der Waals surface area contributed by atoms with Crippen molar-refractivity contribution < 1.29 is 19.5 Å². The van der Waals surface area contributed by atoms with Gasteiger partial charge in [0.05, 0.1) is 19.6 Å². The van der Waals surface area contributed by atoms with Gasteiger partial charge in [0.15, 0.2) is 0 Å². The molecule has 0 radical (unpaired) electrons. The second-order valence-electron chi connectivity index (χ2n) is 3.88. The van der Waals surface area contributed by atoms with Crippen LogP contribution >= 0.6 is 0 Å². The maximum Gasteiger partial charge on any atom is 0.317 e. The lowest BCUT2D eigenvalue weighted by molar-refractivity contribution is -0.139. The van der Waals surface area contributed by atoms with Crippen LogP contribution in [-0.2, 0) is 14.4 Å². The van der Waals surface area contributed by atoms with Gasteiger partial charge in [0.1, 0.15) is 0 Å². The fourth-order valence-electron chi connectivity index (χ4n) is 1.20. The third-order valence-corrected chi connectivity index (χ3v) is 2.13. The molecule has 0 aliphatic rings. The minimum absolute atomic E-state index is 0.0164. The average Bonchev–Trinajstić information content (AvgIpc) is 2.14. The number of nitrogens with zero attached hydrogens (tertiary/aromatic N) is 1. The molecule has 7 heteroatoms. The zero-order valence-electron chi connectivity index (χ0n) is 10.1. The average molecular weight is 245 g/mol. The molecular formula is C10H19N3O4. The number of carbonyl (C=O) groups is 3. The van der Waals surface area contributed by atoms with Gasteiger partial charge in [-0.15, -0.1) is 0 Å². The summed E-state index contributed by atoms with van der Waals surface area (Å²) in [6.07, 6.45) is 0.778. The molecule has 0 aromatic carbocycles. The largest absolute Gasteiger partial charge is 0.480 e. The van der Waals surface area contributed by atoms with Crippen molar-refractivity contribution in [1.29, 1.82) is 0 Å². The molecule has 4 N–H and O–H groups in total. The lowest BCUT2D eigenvalue weighted by atomic mass is 10.2. The standard InChI is InChI=1S/C10H19N3O4/c1-3-7(2)12-9(15)5-13(4-8(11)14)6-10(16)17/h7H,3-6H2,1-2H3,(H2,11,14)(H,12,15)(H,16,17). The van der Waals surface area contributed by atoms with Gasteiger partial charge in [-0.05, 0) is 13.3 Å². The molecule has 1 unspecified atom stereocenters. The lowest BCUT2D eigenvalue weighted by Gasteiger charge is -2.19. The summed E-state index contributed by atoms with van der Waals surface area (Å²) in [7, 11) is 0. The van der Waals surface area contributed by atoms with Crippen LogP contribution in [-0.4, -0.2) is 53.5 Å². The molecule has 0 aliphatic heterocycles. The Hall–Kier alpha value is -1.63. The molecule has 0 saturated heterocycles. The van der Waals surface area contributed by atoms with E-state index < -0.39 is 18.4 Å². The first-order chi connectivity index (χ1) is 7.85. The number of carbonyl (C=O) groups excluding carboxylic acids is 2. The molecule has 7 nitrogen and oxygen atoms in total. The number of carboxylic acid groups (broad SMARTS) is 1. The summed E-state index contributed by atoms with van der Waals surface area (Å²) in [5.41, 5.74) is 4.97. The molecule has 0 aromatic heterocycles. The zero-order chi connectivity index (χ0) is 13.4. The first-order valence-electron chi connectivity index (χ1n) is 5.37. The smallest absolute Gasteiger partial charge is 0.317 e. The molecule has 0 spiro atoms. The SMILES string of the molecule is CCC(C)NC(=O)CN(CC(N)=O)CC(=O)O. The van der Waals surface area contributed by atoms with Gasteiger partial charge in [0.2, 0.25) is 11.8 Å². The van der Waals surface area contributed by atoms with Gasteiger partial charge in [-0.25, -0.2) is 0 Å². The van der Waals surface area contributed by atoms with Crippen molar-refractivity contribution in [1.82, 2.24) is 10.2 Å². The van der Waals surface area contributed by atoms with Crippen molar-refractivity contribution in [2.75, 3.05) is 19.6 Å². The van der Waals surface area contributed by atoms with Gasteiger partial charge in [-0.1, -0.05) is 6.92 Å². The summed E-state index contributed by atoms with van der Waals surface area (Å²) in [6.45, 7) is 2.97. The summed E-state index contributed by atoms with van der Waals surface area (Å²) < 4.78 is 0. The molecule has 98 valence electrons. The van der Waals surface area contributed by atoms with Crippen LogP contribution in [0.1, 0.15) is 20.3 Å². The van der Waals surface area contributed by atoms with E-state index in [2.05, 4.69) is 5.32 Å². The summed E-state index contributed by atoms with van der Waals surface area (Å²) in [4.78, 5) is 33.9. The van der Waals surface area contributed by atoms with Crippen LogP contribution < -0.4 is 11.1 Å². The Kier molecular flexibility index (Phi) is 6.88. The molecule has 0 aliphatic carbocycles. The minimum Gasteiger partial charge on any atom is -0.480 e. The number of primary amides is 1. The Morgan fingerprint density at radius 3 is 2.29 bits per heavy atom. The van der Waals surface area contributed by atoms with Crippen molar-refractivity contribution in [3.63, 3.8) is 0 Å². The van der Waals surface area contributed by atoms with Gasteiger partial charge < -0.3 is 16.2 Å². The number of hydrogen-bond acceptors (Lipinski definition) is 4. The van der Waals surface area contributed by atoms with Gasteiger partial charge in [-0.2, -0.15) is 0 Å². The zero-order valence-corrected chi connectivity index (χ0v) is 10.1. The molecule has 1 atom stereocenters. The molecule has 0 rings (SSSR count). The second kappa shape index (κ2) is 7.61. The van der Waals surface area contributed by atoms with E-state index in [1.807, 2.05) is 13.8 Å². The second-order valence-corrected chi connectivity index (χ2v) is 3.88. The fraction of sp³-hybridized carbons (Fsp3) is 0.700. The Labute approximate surface area is 100.0 Å². The van der Waals surface area contributed by atoms with Crippen LogP contribution in [0.5, 0.6) is 0 Å². The Morgan fingerprint density at radius 1 is 1.29 bits per heavy atom. The number of nitrogens with one attached hydrogen (secondary N) is 1. The fourth-order valence-corrected chi connectivity index (χ4v) is 1.20. The first-order valence-corrected chi connectivity index (χ1v) is 5.37. The maximum atomic E-state index is 11.5. The molecule has 17 heavy (non-hydrogen) atoms. The molecule has 0 aromatic rings. The first kappa shape index (κ1) is 15.4. The Balaban J connectivity index is 4.26. The van der Waals surface area contributed by atoms with E-state index in [1.54, 1.807) is 0 Å². The number of carboxylic acids is 1. The van der Waals surface area contributed by atoms with Crippen molar-refractivity contribution in [2.24, 2.45) is 5.73 Å². The molecule has 0 fully saturated rings.